The second-order valence-corrected chi connectivity index (χ2v) is 9.45. The summed E-state index contributed by atoms with van der Waals surface area (Å²) in [5.41, 5.74) is 2.69. The average molecular weight is 469 g/mol. The van der Waals surface area contributed by atoms with E-state index in [-0.39, 0.29) is 36.5 Å². The number of thiol groups is 2. The first-order valence-electron chi connectivity index (χ1n) is 10.1. The molecule has 0 bridgehead atoms. The van der Waals surface area contributed by atoms with E-state index in [1.54, 1.807) is 0 Å². The number of benzene rings is 1. The zero-order chi connectivity index (χ0) is 21.5. The van der Waals surface area contributed by atoms with Gasteiger partial charge in [-0.2, -0.15) is 37.0 Å². The van der Waals surface area contributed by atoms with Crippen molar-refractivity contribution in [2.75, 3.05) is 17.6 Å². The second-order valence-electron chi connectivity index (χ2n) is 7.55. The molecule has 1 aromatic carbocycles. The van der Waals surface area contributed by atoms with Crippen LogP contribution in [0.25, 0.3) is 0 Å². The van der Waals surface area contributed by atoms with Crippen molar-refractivity contribution in [2.24, 2.45) is 0 Å². The SMILES string of the molecule is O=C(CCCC[C@@H]1SC[C@@H]2NC(=O)N[C@@H]21)NCC(=O)Nc1cc(CS)cc(CS)c1. The molecule has 2 aliphatic heterocycles. The van der Waals surface area contributed by atoms with Crippen molar-refractivity contribution < 1.29 is 14.4 Å². The van der Waals surface area contributed by atoms with E-state index in [2.05, 4.69) is 46.5 Å². The number of carbonyl (C=O) groups excluding carboxylic acids is 3. The Kier molecular flexibility index (Phi) is 8.64. The van der Waals surface area contributed by atoms with Crippen molar-refractivity contribution in [1.82, 2.24) is 16.0 Å². The Morgan fingerprint density at radius 2 is 1.80 bits per heavy atom. The molecule has 0 aliphatic carbocycles. The maximum Gasteiger partial charge on any atom is 0.315 e. The predicted octanol–water partition coefficient (Wildman–Crippen LogP) is 2.33. The average Bonchev–Trinajstić information content (AvgIpc) is 3.28. The lowest BCUT2D eigenvalue weighted by Gasteiger charge is -2.16. The van der Waals surface area contributed by atoms with Gasteiger partial charge in [0.15, 0.2) is 0 Å². The molecule has 0 saturated carbocycles. The number of nitrogens with one attached hydrogen (secondary N) is 4. The maximum atomic E-state index is 12.1. The van der Waals surface area contributed by atoms with Crippen LogP contribution in [0.2, 0.25) is 0 Å². The standard InChI is InChI=1S/C20H28N4O3S3/c25-17(4-2-1-3-16-19-15(11-30-16)23-20(27)24-19)21-8-18(26)22-14-6-12(9-28)5-13(7-14)10-29/h5-7,15-16,19,28-29H,1-4,8-11H2,(H,21,25)(H,22,26)(H2,23,24,27)/t15-,16-,19-/m0/s1. The van der Waals surface area contributed by atoms with E-state index in [4.69, 9.17) is 0 Å². The zero-order valence-electron chi connectivity index (χ0n) is 16.6. The summed E-state index contributed by atoms with van der Waals surface area (Å²) in [6.07, 6.45) is 3.04. The highest BCUT2D eigenvalue weighted by Crippen LogP contribution is 2.33. The number of thioether (sulfide) groups is 1. The minimum Gasteiger partial charge on any atom is -0.347 e. The summed E-state index contributed by atoms with van der Waals surface area (Å²) in [6.45, 7) is -0.0555. The van der Waals surface area contributed by atoms with Crippen LogP contribution in [0.15, 0.2) is 18.2 Å². The van der Waals surface area contributed by atoms with E-state index >= 15 is 0 Å². The van der Waals surface area contributed by atoms with E-state index in [9.17, 15) is 14.4 Å². The minimum atomic E-state index is -0.261. The summed E-state index contributed by atoms with van der Waals surface area (Å²) in [5.74, 6) is 1.70. The normalized spacial score (nSPS) is 22.2. The lowest BCUT2D eigenvalue weighted by Crippen LogP contribution is -2.36. The van der Waals surface area contributed by atoms with Crippen LogP contribution < -0.4 is 21.3 Å². The highest BCUT2D eigenvalue weighted by molar-refractivity contribution is 8.00. The van der Waals surface area contributed by atoms with Crippen molar-refractivity contribution in [2.45, 2.75) is 54.5 Å². The maximum absolute atomic E-state index is 12.1. The summed E-state index contributed by atoms with van der Waals surface area (Å²) >= 11 is 10.4. The van der Waals surface area contributed by atoms with Crippen LogP contribution >= 0.6 is 37.0 Å². The third kappa shape index (κ3) is 6.49. The Balaban J connectivity index is 1.32. The number of carbonyl (C=O) groups is 3. The van der Waals surface area contributed by atoms with Gasteiger partial charge in [-0.25, -0.2) is 4.79 Å². The molecule has 2 heterocycles. The topological polar surface area (TPSA) is 99.3 Å². The molecule has 2 saturated heterocycles. The van der Waals surface area contributed by atoms with Gasteiger partial charge >= 0.3 is 6.03 Å². The predicted molar refractivity (Wildman–Crippen MR) is 127 cm³/mol. The molecule has 7 nitrogen and oxygen atoms in total. The van der Waals surface area contributed by atoms with Gasteiger partial charge < -0.3 is 21.3 Å². The van der Waals surface area contributed by atoms with Gasteiger partial charge in [0.05, 0.1) is 18.6 Å². The van der Waals surface area contributed by atoms with Crippen LogP contribution in [0.4, 0.5) is 10.5 Å². The Morgan fingerprint density at radius 1 is 1.07 bits per heavy atom. The van der Waals surface area contributed by atoms with Crippen molar-refractivity contribution in [3.63, 3.8) is 0 Å². The highest BCUT2D eigenvalue weighted by Gasteiger charge is 2.42. The molecule has 2 aliphatic rings. The van der Waals surface area contributed by atoms with Gasteiger partial charge in [-0.3, -0.25) is 9.59 Å². The van der Waals surface area contributed by atoms with Gasteiger partial charge in [0, 0.05) is 34.6 Å². The largest absolute Gasteiger partial charge is 0.347 e. The third-order valence-corrected chi connectivity index (χ3v) is 7.47. The number of rotatable bonds is 10. The molecule has 3 rings (SSSR count). The van der Waals surface area contributed by atoms with Gasteiger partial charge in [-0.05, 0) is 36.1 Å². The molecular formula is C20H28N4O3S3. The summed E-state index contributed by atoms with van der Waals surface area (Å²) in [4.78, 5) is 35.6. The van der Waals surface area contributed by atoms with E-state index < -0.39 is 0 Å². The van der Waals surface area contributed by atoms with E-state index in [1.165, 1.54) is 0 Å². The molecule has 0 spiro atoms. The van der Waals surface area contributed by atoms with Crippen LogP contribution in [-0.4, -0.2) is 47.5 Å². The number of amides is 4. The zero-order valence-corrected chi connectivity index (χ0v) is 19.3. The van der Waals surface area contributed by atoms with Crippen molar-refractivity contribution in [3.05, 3.63) is 29.3 Å². The molecular weight excluding hydrogens is 440 g/mol. The fraction of sp³-hybridized carbons (Fsp3) is 0.550. The molecule has 164 valence electrons. The first kappa shape index (κ1) is 23.1. The monoisotopic (exact) mass is 468 g/mol. The molecule has 0 radical (unpaired) electrons. The Labute approximate surface area is 192 Å². The molecule has 0 unspecified atom stereocenters. The molecule has 0 aromatic heterocycles. The quantitative estimate of drug-likeness (QED) is 0.180. The van der Waals surface area contributed by atoms with Gasteiger partial charge in [-0.15, -0.1) is 0 Å². The minimum absolute atomic E-state index is 0.0555. The molecule has 3 atom stereocenters. The number of unbranched alkanes of at least 4 members (excludes halogenated alkanes) is 1. The Bertz CT molecular complexity index is 770. The van der Waals surface area contributed by atoms with Crippen LogP contribution in [-0.2, 0) is 21.1 Å². The Morgan fingerprint density at radius 3 is 2.50 bits per heavy atom. The molecule has 1 aromatic rings. The molecule has 4 amide bonds. The summed E-state index contributed by atoms with van der Waals surface area (Å²) < 4.78 is 0. The number of hydrogen-bond donors (Lipinski definition) is 6. The lowest BCUT2D eigenvalue weighted by atomic mass is 10.0. The van der Waals surface area contributed by atoms with E-state index in [0.717, 1.165) is 36.1 Å². The molecule has 2 fully saturated rings. The van der Waals surface area contributed by atoms with Gasteiger partial charge in [0.2, 0.25) is 11.8 Å². The number of urea groups is 1. The van der Waals surface area contributed by atoms with Gasteiger partial charge in [0.25, 0.3) is 0 Å². The van der Waals surface area contributed by atoms with Crippen molar-refractivity contribution in [1.29, 1.82) is 0 Å². The summed E-state index contributed by atoms with van der Waals surface area (Å²) in [6, 6.07) is 6.09. The number of hydrogen-bond acceptors (Lipinski definition) is 6. The van der Waals surface area contributed by atoms with E-state index in [1.807, 2.05) is 30.0 Å². The summed E-state index contributed by atoms with van der Waals surface area (Å²) in [5, 5.41) is 11.8. The fourth-order valence-corrected chi connectivity index (χ4v) is 5.67. The molecule has 30 heavy (non-hydrogen) atoms. The molecule has 4 N–H and O–H groups in total. The van der Waals surface area contributed by atoms with E-state index in [0.29, 0.717) is 28.9 Å². The van der Waals surface area contributed by atoms with Gasteiger partial charge in [-0.1, -0.05) is 12.5 Å². The third-order valence-electron chi connectivity index (χ3n) is 5.23. The number of fused-ring (bicyclic) bond motifs is 1. The fourth-order valence-electron chi connectivity index (χ4n) is 3.76. The smallest absolute Gasteiger partial charge is 0.315 e. The van der Waals surface area contributed by atoms with Crippen molar-refractivity contribution >= 4 is 60.6 Å². The van der Waals surface area contributed by atoms with Gasteiger partial charge in [0.1, 0.15) is 0 Å². The summed E-state index contributed by atoms with van der Waals surface area (Å²) in [7, 11) is 0. The first-order valence-corrected chi connectivity index (χ1v) is 12.4. The van der Waals surface area contributed by atoms with Crippen LogP contribution in [0, 0.1) is 0 Å². The van der Waals surface area contributed by atoms with Crippen LogP contribution in [0.3, 0.4) is 0 Å². The second kappa shape index (κ2) is 11.2. The Hall–Kier alpha value is -1.52. The van der Waals surface area contributed by atoms with Crippen LogP contribution in [0.1, 0.15) is 36.8 Å². The lowest BCUT2D eigenvalue weighted by molar-refractivity contribution is -0.124. The van der Waals surface area contributed by atoms with Crippen LogP contribution in [0.5, 0.6) is 0 Å². The molecule has 10 heteroatoms. The van der Waals surface area contributed by atoms with Crippen molar-refractivity contribution in [3.8, 4) is 0 Å². The first-order chi connectivity index (χ1) is 14.5. The highest BCUT2D eigenvalue weighted by atomic mass is 32.2. The number of anilines is 1.